The van der Waals surface area contributed by atoms with Gasteiger partial charge in [0.05, 0.1) is 29.2 Å². The maximum atomic E-state index is 13.3. The largest absolute Gasteiger partial charge is 0.369 e. The second kappa shape index (κ2) is 14.7. The highest BCUT2D eigenvalue weighted by Gasteiger charge is 2.45. The van der Waals surface area contributed by atoms with Crippen molar-refractivity contribution in [3.05, 3.63) is 93.9 Å². The second-order valence-electron chi connectivity index (χ2n) is 15.0. The number of imide groups is 2. The highest BCUT2D eigenvalue weighted by Crippen LogP contribution is 2.32. The molecule has 5 aromatic rings. The zero-order chi connectivity index (χ0) is 39.4. The van der Waals surface area contributed by atoms with Gasteiger partial charge in [0, 0.05) is 88.4 Å². The van der Waals surface area contributed by atoms with E-state index in [0.717, 1.165) is 85.8 Å². The van der Waals surface area contributed by atoms with Gasteiger partial charge in [0.1, 0.15) is 16.8 Å². The van der Waals surface area contributed by atoms with E-state index in [2.05, 4.69) is 35.3 Å². The van der Waals surface area contributed by atoms with Crippen LogP contribution in [0.25, 0.3) is 16.6 Å². The first kappa shape index (κ1) is 36.5. The first-order valence-electron chi connectivity index (χ1n) is 19.1. The summed E-state index contributed by atoms with van der Waals surface area (Å²) in [5.74, 6) is -0.341. The lowest BCUT2D eigenvalue weighted by Crippen LogP contribution is -2.54. The van der Waals surface area contributed by atoms with Crippen LogP contribution in [0, 0.1) is 5.92 Å². The minimum absolute atomic E-state index is 0.0872. The Morgan fingerprint density at radius 3 is 2.42 bits per heavy atom. The molecule has 57 heavy (non-hydrogen) atoms. The van der Waals surface area contributed by atoms with Crippen LogP contribution in [0.5, 0.6) is 0 Å². The van der Waals surface area contributed by atoms with E-state index in [1.165, 1.54) is 0 Å². The SMILES string of the molecule is Cn1c(=O)c(-n2ccnc2)cc2cc(Nc3nc(N4CCC(CN5CCN(c6ccc7c(c6)C(=O)N(C6CCC(=O)NC6=O)C7=O)CC5)CC4)ncc3Cl)ccc21. The molecular formula is C40H40ClN11O5. The maximum Gasteiger partial charge on any atom is 0.275 e. The first-order chi connectivity index (χ1) is 27.6. The second-order valence-corrected chi connectivity index (χ2v) is 15.4. The lowest BCUT2D eigenvalue weighted by molar-refractivity contribution is -0.136. The van der Waals surface area contributed by atoms with E-state index < -0.39 is 29.7 Å². The molecular weight excluding hydrogens is 750 g/mol. The van der Waals surface area contributed by atoms with Gasteiger partial charge in [-0.25, -0.2) is 9.97 Å². The monoisotopic (exact) mass is 789 g/mol. The number of anilines is 4. The molecule has 292 valence electrons. The van der Waals surface area contributed by atoms with Crippen molar-refractivity contribution in [2.45, 2.75) is 31.7 Å². The zero-order valence-corrected chi connectivity index (χ0v) is 32.0. The number of nitrogens with one attached hydrogen (secondary N) is 2. The van der Waals surface area contributed by atoms with E-state index in [0.29, 0.717) is 34.0 Å². The summed E-state index contributed by atoms with van der Waals surface area (Å²) in [5, 5.41) is 6.88. The van der Waals surface area contributed by atoms with Gasteiger partial charge < -0.3 is 24.3 Å². The average molecular weight is 790 g/mol. The number of pyridine rings is 1. The Morgan fingerprint density at radius 1 is 0.877 bits per heavy atom. The van der Waals surface area contributed by atoms with Crippen molar-refractivity contribution in [3.63, 3.8) is 0 Å². The molecule has 4 aliphatic rings. The lowest BCUT2D eigenvalue weighted by Gasteiger charge is -2.39. The molecule has 1 atom stereocenters. The third kappa shape index (κ3) is 6.88. The number of piperazine rings is 1. The van der Waals surface area contributed by atoms with Gasteiger partial charge >= 0.3 is 0 Å². The Kier molecular flexibility index (Phi) is 9.44. The molecule has 0 aliphatic carbocycles. The average Bonchev–Trinajstić information content (AvgIpc) is 3.84. The number of aromatic nitrogens is 5. The number of carbonyl (C=O) groups is 4. The molecule has 0 bridgehead atoms. The van der Waals surface area contributed by atoms with Crippen LogP contribution in [0.4, 0.5) is 23.1 Å². The summed E-state index contributed by atoms with van der Waals surface area (Å²) in [5.41, 5.74) is 3.42. The Morgan fingerprint density at radius 2 is 1.67 bits per heavy atom. The molecule has 3 aromatic heterocycles. The van der Waals surface area contributed by atoms with Crippen molar-refractivity contribution in [1.82, 2.24) is 39.2 Å². The van der Waals surface area contributed by atoms with Crippen LogP contribution < -0.4 is 26.0 Å². The van der Waals surface area contributed by atoms with Gasteiger partial charge in [0.25, 0.3) is 17.4 Å². The quantitative estimate of drug-likeness (QED) is 0.220. The number of fused-ring (bicyclic) bond motifs is 2. The lowest BCUT2D eigenvalue weighted by atomic mass is 9.96. The van der Waals surface area contributed by atoms with Gasteiger partial charge in [0.2, 0.25) is 17.8 Å². The molecule has 17 heteroatoms. The van der Waals surface area contributed by atoms with Crippen LogP contribution >= 0.6 is 11.6 Å². The molecule has 3 fully saturated rings. The summed E-state index contributed by atoms with van der Waals surface area (Å²) in [6, 6.07) is 11.9. The van der Waals surface area contributed by atoms with E-state index in [1.54, 1.807) is 53.2 Å². The number of halogens is 1. The summed E-state index contributed by atoms with van der Waals surface area (Å²) < 4.78 is 3.33. The molecule has 0 radical (unpaired) electrons. The van der Waals surface area contributed by atoms with Crippen LogP contribution in [0.15, 0.2) is 72.2 Å². The molecule has 2 N–H and O–H groups in total. The number of amides is 4. The van der Waals surface area contributed by atoms with Crippen molar-refractivity contribution in [2.24, 2.45) is 13.0 Å². The van der Waals surface area contributed by atoms with E-state index in [4.69, 9.17) is 16.6 Å². The normalized spacial score (nSPS) is 19.4. The topological polar surface area (TPSA) is 171 Å². The van der Waals surface area contributed by atoms with Crippen LogP contribution in [-0.2, 0) is 16.6 Å². The highest BCUT2D eigenvalue weighted by molar-refractivity contribution is 6.33. The van der Waals surface area contributed by atoms with E-state index in [1.807, 2.05) is 30.3 Å². The van der Waals surface area contributed by atoms with Gasteiger partial charge in [-0.15, -0.1) is 0 Å². The standard InChI is InChI=1S/C40H40ClN11O5/c1-47-31-5-2-26(18-25(31)19-33(39(47)57)51-13-10-42-23-51)44-35-30(41)21-43-40(46-35)50-11-8-24(9-12-50)22-48-14-16-49(17-15-48)27-3-4-28-29(20-27)38(56)52(37(28)55)32-6-7-34(53)45-36(32)54/h2-5,10,13,18-21,23-24,32H,6-9,11-12,14-17,22H2,1H3,(H,43,44,46)(H,45,53,54). The van der Waals surface area contributed by atoms with Gasteiger partial charge in [-0.1, -0.05) is 11.6 Å². The first-order valence-corrected chi connectivity index (χ1v) is 19.5. The minimum atomic E-state index is -0.979. The summed E-state index contributed by atoms with van der Waals surface area (Å²) in [7, 11) is 1.75. The number of hydrogen-bond acceptors (Lipinski definition) is 12. The predicted molar refractivity (Wildman–Crippen MR) is 213 cm³/mol. The van der Waals surface area contributed by atoms with Crippen LogP contribution in [-0.4, -0.2) is 109 Å². The molecule has 2 aromatic carbocycles. The molecule has 16 nitrogen and oxygen atoms in total. The number of piperidine rings is 2. The summed E-state index contributed by atoms with van der Waals surface area (Å²) in [6.45, 7) is 5.95. The molecule has 4 amide bonds. The number of nitrogens with zero attached hydrogens (tertiary/aromatic N) is 9. The number of carbonyl (C=O) groups excluding carboxylic acids is 4. The number of aryl methyl sites for hydroxylation is 1. The molecule has 7 heterocycles. The van der Waals surface area contributed by atoms with Gasteiger partial charge in [-0.3, -0.25) is 39.1 Å². The third-order valence-corrected chi connectivity index (χ3v) is 11.8. The van der Waals surface area contributed by atoms with Gasteiger partial charge in [0.15, 0.2) is 5.82 Å². The number of imidazole rings is 1. The van der Waals surface area contributed by atoms with Crippen molar-refractivity contribution in [2.75, 3.05) is 60.9 Å². The molecule has 4 aliphatic heterocycles. The fourth-order valence-electron chi connectivity index (χ4n) is 8.39. The van der Waals surface area contributed by atoms with Crippen molar-refractivity contribution in [3.8, 4) is 5.69 Å². The Bertz CT molecular complexity index is 2490. The van der Waals surface area contributed by atoms with E-state index in [-0.39, 0.29) is 24.0 Å². The fraction of sp³-hybridized carbons (Fsp3) is 0.350. The van der Waals surface area contributed by atoms with Crippen LogP contribution in [0.2, 0.25) is 5.02 Å². The zero-order valence-electron chi connectivity index (χ0n) is 31.2. The van der Waals surface area contributed by atoms with Crippen molar-refractivity contribution < 1.29 is 19.2 Å². The van der Waals surface area contributed by atoms with E-state index in [9.17, 15) is 24.0 Å². The van der Waals surface area contributed by atoms with Gasteiger partial charge in [-0.2, -0.15) is 4.98 Å². The van der Waals surface area contributed by atoms with Crippen LogP contribution in [0.1, 0.15) is 46.4 Å². The number of benzene rings is 2. The number of rotatable bonds is 8. The van der Waals surface area contributed by atoms with E-state index >= 15 is 0 Å². The van der Waals surface area contributed by atoms with Crippen molar-refractivity contribution in [1.29, 1.82) is 0 Å². The molecule has 3 saturated heterocycles. The Labute approximate surface area is 332 Å². The number of hydrogen-bond donors (Lipinski definition) is 2. The van der Waals surface area contributed by atoms with Gasteiger partial charge in [-0.05, 0) is 67.6 Å². The summed E-state index contributed by atoms with van der Waals surface area (Å²) in [6.07, 6.45) is 8.84. The third-order valence-electron chi connectivity index (χ3n) is 11.6. The summed E-state index contributed by atoms with van der Waals surface area (Å²) in [4.78, 5) is 84.9. The molecule has 0 spiro atoms. The molecule has 0 saturated carbocycles. The van der Waals surface area contributed by atoms with Crippen molar-refractivity contribution >= 4 is 69.3 Å². The highest BCUT2D eigenvalue weighted by atomic mass is 35.5. The Hall–Kier alpha value is -6.13. The Balaban J connectivity index is 0.789. The molecule has 9 rings (SSSR count). The summed E-state index contributed by atoms with van der Waals surface area (Å²) >= 11 is 6.58. The molecule has 1 unspecified atom stereocenters. The smallest absolute Gasteiger partial charge is 0.275 e. The van der Waals surface area contributed by atoms with Crippen LogP contribution in [0.3, 0.4) is 0 Å². The minimum Gasteiger partial charge on any atom is -0.369 e. The maximum absolute atomic E-state index is 13.3. The fourth-order valence-corrected chi connectivity index (χ4v) is 8.53. The predicted octanol–water partition coefficient (Wildman–Crippen LogP) is 3.35.